The lowest BCUT2D eigenvalue weighted by Gasteiger charge is -2.34. The van der Waals surface area contributed by atoms with E-state index in [9.17, 15) is 0 Å². The number of hydrogen-bond donors (Lipinski definition) is 1. The molecule has 1 aromatic rings. The minimum atomic E-state index is 0.696. The van der Waals surface area contributed by atoms with Gasteiger partial charge in [-0.3, -0.25) is 4.98 Å². The van der Waals surface area contributed by atoms with Crippen LogP contribution in [-0.2, 0) is 0 Å². The lowest BCUT2D eigenvalue weighted by Crippen LogP contribution is -2.46. The van der Waals surface area contributed by atoms with E-state index in [1.165, 1.54) is 37.9 Å². The summed E-state index contributed by atoms with van der Waals surface area (Å²) in [5.41, 5.74) is 1.31. The Morgan fingerprint density at radius 3 is 2.55 bits per heavy atom. The Morgan fingerprint density at radius 2 is 1.90 bits per heavy atom. The van der Waals surface area contributed by atoms with Crippen LogP contribution in [0.5, 0.6) is 0 Å². The zero-order chi connectivity index (χ0) is 13.8. The van der Waals surface area contributed by atoms with Gasteiger partial charge in [0.25, 0.3) is 0 Å². The van der Waals surface area contributed by atoms with Crippen LogP contribution in [0, 0.1) is 0 Å². The monoisotopic (exact) mass is 274 g/mol. The molecule has 4 nitrogen and oxygen atoms in total. The van der Waals surface area contributed by atoms with Gasteiger partial charge in [0.15, 0.2) is 0 Å². The largest absolute Gasteiger partial charge is 0.371 e. The summed E-state index contributed by atoms with van der Waals surface area (Å²) in [5.74, 6) is 0. The Bertz CT molecular complexity index is 400. The number of aromatic nitrogens is 1. The molecule has 1 aromatic heterocycles. The van der Waals surface area contributed by atoms with Gasteiger partial charge in [-0.05, 0) is 51.4 Å². The van der Waals surface area contributed by atoms with Gasteiger partial charge in [0.1, 0.15) is 0 Å². The molecule has 2 saturated heterocycles. The SMILES string of the molecule is CN1CCCC1CNC1CCN(c2ccncc2)CC1. The van der Waals surface area contributed by atoms with Gasteiger partial charge in [-0.25, -0.2) is 0 Å². The molecule has 2 aliphatic rings. The van der Waals surface area contributed by atoms with Crippen LogP contribution in [0.15, 0.2) is 24.5 Å². The molecule has 1 atom stereocenters. The van der Waals surface area contributed by atoms with Crippen molar-refractivity contribution in [3.05, 3.63) is 24.5 Å². The highest BCUT2D eigenvalue weighted by atomic mass is 15.2. The van der Waals surface area contributed by atoms with Crippen molar-refractivity contribution in [3.63, 3.8) is 0 Å². The maximum atomic E-state index is 4.09. The van der Waals surface area contributed by atoms with Crippen LogP contribution in [0.3, 0.4) is 0 Å². The molecule has 3 rings (SSSR count). The van der Waals surface area contributed by atoms with Gasteiger partial charge in [-0.1, -0.05) is 0 Å². The Labute approximate surface area is 122 Å². The summed E-state index contributed by atoms with van der Waals surface area (Å²) in [7, 11) is 2.26. The average Bonchev–Trinajstić information content (AvgIpc) is 2.92. The summed E-state index contributed by atoms with van der Waals surface area (Å²) in [4.78, 5) is 9.07. The molecule has 2 aliphatic heterocycles. The van der Waals surface area contributed by atoms with Gasteiger partial charge in [-0.15, -0.1) is 0 Å². The van der Waals surface area contributed by atoms with E-state index >= 15 is 0 Å². The van der Waals surface area contributed by atoms with Gasteiger partial charge >= 0.3 is 0 Å². The number of likely N-dealkylation sites (N-methyl/N-ethyl adjacent to an activating group) is 1. The second kappa shape index (κ2) is 6.55. The molecule has 20 heavy (non-hydrogen) atoms. The third kappa shape index (κ3) is 3.30. The first-order valence-electron chi connectivity index (χ1n) is 7.91. The molecular formula is C16H26N4. The summed E-state index contributed by atoms with van der Waals surface area (Å²) in [6, 6.07) is 5.68. The number of piperidine rings is 1. The molecule has 3 heterocycles. The molecule has 0 amide bonds. The Morgan fingerprint density at radius 1 is 1.15 bits per heavy atom. The summed E-state index contributed by atoms with van der Waals surface area (Å²) in [5, 5.41) is 3.79. The van der Waals surface area contributed by atoms with Crippen LogP contribution in [-0.4, -0.2) is 55.2 Å². The molecule has 1 unspecified atom stereocenters. The van der Waals surface area contributed by atoms with Crippen LogP contribution in [0.4, 0.5) is 5.69 Å². The first kappa shape index (κ1) is 13.8. The zero-order valence-corrected chi connectivity index (χ0v) is 12.5. The second-order valence-electron chi connectivity index (χ2n) is 6.15. The van der Waals surface area contributed by atoms with E-state index in [0.29, 0.717) is 6.04 Å². The molecule has 2 fully saturated rings. The number of hydrogen-bond acceptors (Lipinski definition) is 4. The van der Waals surface area contributed by atoms with Crippen molar-refractivity contribution in [2.45, 2.75) is 37.8 Å². The van der Waals surface area contributed by atoms with Gasteiger partial charge < -0.3 is 15.1 Å². The third-order valence-corrected chi connectivity index (χ3v) is 4.84. The lowest BCUT2D eigenvalue weighted by atomic mass is 10.0. The third-order valence-electron chi connectivity index (χ3n) is 4.84. The number of nitrogens with zero attached hydrogens (tertiary/aromatic N) is 3. The zero-order valence-electron chi connectivity index (χ0n) is 12.5. The van der Waals surface area contributed by atoms with E-state index in [-0.39, 0.29) is 0 Å². The van der Waals surface area contributed by atoms with Gasteiger partial charge in [0.2, 0.25) is 0 Å². The maximum absolute atomic E-state index is 4.09. The van der Waals surface area contributed by atoms with Crippen molar-refractivity contribution < 1.29 is 0 Å². The molecule has 0 aromatic carbocycles. The average molecular weight is 274 g/mol. The summed E-state index contributed by atoms with van der Waals surface area (Å²) >= 11 is 0. The van der Waals surface area contributed by atoms with Crippen molar-refractivity contribution in [1.82, 2.24) is 15.2 Å². The van der Waals surface area contributed by atoms with Crippen LogP contribution in [0.1, 0.15) is 25.7 Å². The maximum Gasteiger partial charge on any atom is 0.0397 e. The van der Waals surface area contributed by atoms with Gasteiger partial charge in [0.05, 0.1) is 0 Å². The highest BCUT2D eigenvalue weighted by Crippen LogP contribution is 2.19. The van der Waals surface area contributed by atoms with Crippen molar-refractivity contribution >= 4 is 5.69 Å². The lowest BCUT2D eigenvalue weighted by molar-refractivity contribution is 0.282. The second-order valence-corrected chi connectivity index (χ2v) is 6.15. The molecule has 0 saturated carbocycles. The number of nitrogens with one attached hydrogen (secondary N) is 1. The molecule has 0 radical (unpaired) electrons. The van der Waals surface area contributed by atoms with E-state index in [4.69, 9.17) is 0 Å². The highest BCUT2D eigenvalue weighted by molar-refractivity contribution is 5.44. The first-order valence-corrected chi connectivity index (χ1v) is 7.91. The minimum absolute atomic E-state index is 0.696. The molecule has 4 heteroatoms. The fourth-order valence-electron chi connectivity index (χ4n) is 3.44. The van der Waals surface area contributed by atoms with E-state index in [2.05, 4.69) is 39.3 Å². The Kier molecular flexibility index (Phi) is 4.53. The molecule has 0 spiro atoms. The molecule has 0 aliphatic carbocycles. The minimum Gasteiger partial charge on any atom is -0.371 e. The highest BCUT2D eigenvalue weighted by Gasteiger charge is 2.23. The summed E-state index contributed by atoms with van der Waals surface area (Å²) in [6.07, 6.45) is 8.99. The van der Waals surface area contributed by atoms with Crippen LogP contribution in [0.2, 0.25) is 0 Å². The Hall–Kier alpha value is -1.13. The van der Waals surface area contributed by atoms with Crippen LogP contribution in [0.25, 0.3) is 0 Å². The van der Waals surface area contributed by atoms with Crippen molar-refractivity contribution in [3.8, 4) is 0 Å². The number of rotatable bonds is 4. The number of pyridine rings is 1. The van der Waals surface area contributed by atoms with E-state index in [0.717, 1.165) is 25.7 Å². The smallest absolute Gasteiger partial charge is 0.0397 e. The molecule has 1 N–H and O–H groups in total. The van der Waals surface area contributed by atoms with Crippen molar-refractivity contribution in [2.75, 3.05) is 38.1 Å². The van der Waals surface area contributed by atoms with Crippen LogP contribution < -0.4 is 10.2 Å². The van der Waals surface area contributed by atoms with Crippen molar-refractivity contribution in [1.29, 1.82) is 0 Å². The van der Waals surface area contributed by atoms with Crippen LogP contribution >= 0.6 is 0 Å². The van der Waals surface area contributed by atoms with Gasteiger partial charge in [0, 0.05) is 49.8 Å². The number of likely N-dealkylation sites (tertiary alicyclic amines) is 1. The summed E-state index contributed by atoms with van der Waals surface area (Å²) < 4.78 is 0. The topological polar surface area (TPSA) is 31.4 Å². The predicted octanol–water partition coefficient (Wildman–Crippen LogP) is 1.73. The quantitative estimate of drug-likeness (QED) is 0.906. The van der Waals surface area contributed by atoms with E-state index < -0.39 is 0 Å². The molecular weight excluding hydrogens is 248 g/mol. The van der Waals surface area contributed by atoms with Gasteiger partial charge in [-0.2, -0.15) is 0 Å². The predicted molar refractivity (Wildman–Crippen MR) is 83.1 cm³/mol. The fourth-order valence-corrected chi connectivity index (χ4v) is 3.44. The standard InChI is InChI=1S/C16H26N4/c1-19-10-2-3-16(19)13-18-14-6-11-20(12-7-14)15-4-8-17-9-5-15/h4-5,8-9,14,16,18H,2-3,6-7,10-13H2,1H3. The van der Waals surface area contributed by atoms with E-state index in [1.54, 1.807) is 0 Å². The normalized spacial score (nSPS) is 25.2. The number of anilines is 1. The van der Waals surface area contributed by atoms with E-state index in [1.807, 2.05) is 12.4 Å². The van der Waals surface area contributed by atoms with Crippen molar-refractivity contribution in [2.24, 2.45) is 0 Å². The fraction of sp³-hybridized carbons (Fsp3) is 0.688. The first-order chi connectivity index (χ1) is 9.83. The molecule has 0 bridgehead atoms. The summed E-state index contributed by atoms with van der Waals surface area (Å²) in [6.45, 7) is 4.74. The Balaban J connectivity index is 1.42. The molecule has 110 valence electrons.